The summed E-state index contributed by atoms with van der Waals surface area (Å²) in [6, 6.07) is 54.8. The fraction of sp³-hybridized carbons (Fsp3) is 0. The Morgan fingerprint density at radius 3 is 1.11 bits per heavy atom. The number of carboxylic acids is 2. The Bertz CT molecular complexity index is 1930. The number of fused-ring (bicyclic) bond motifs is 4. The first kappa shape index (κ1) is 32.6. The van der Waals surface area contributed by atoms with Gasteiger partial charge in [-0.15, -0.1) is 59.3 Å². The molecule has 0 fully saturated rings. The summed E-state index contributed by atoms with van der Waals surface area (Å²) in [5, 5.41) is 26.6. The minimum Gasteiger partial charge on any atom is -0.478 e. The standard InChI is InChI=1S/2C11H8O2.2C9H7.Ti/c2*12-11(13)10-7-3-5-8-4-1-2-6-9(8)10;2*1-2-5-9-7-3-6-8(9)4-1;/h2*1-7H,(H,12,13);2*1-7H;/q;;2*-1;+2. The van der Waals surface area contributed by atoms with Crippen molar-refractivity contribution in [3.05, 3.63) is 181 Å². The van der Waals surface area contributed by atoms with Gasteiger partial charge in [-0.25, -0.2) is 9.59 Å². The van der Waals surface area contributed by atoms with Gasteiger partial charge in [0, 0.05) is 0 Å². The number of carbonyl (C=O) groups is 2. The van der Waals surface area contributed by atoms with Gasteiger partial charge in [-0.2, -0.15) is 35.0 Å². The molecule has 0 amide bonds. The van der Waals surface area contributed by atoms with Crippen LogP contribution in [0.2, 0.25) is 0 Å². The van der Waals surface area contributed by atoms with Crippen LogP contribution in [0.1, 0.15) is 20.7 Å². The predicted octanol–water partition coefficient (Wildman–Crippen LogP) is 10.2. The molecule has 0 heterocycles. The average molecular weight is 623 g/mol. The van der Waals surface area contributed by atoms with E-state index in [1.54, 1.807) is 24.3 Å². The Labute approximate surface area is 276 Å². The molecule has 0 spiro atoms. The van der Waals surface area contributed by atoms with Gasteiger partial charge in [-0.05, 0) is 33.7 Å². The van der Waals surface area contributed by atoms with Crippen molar-refractivity contribution in [1.29, 1.82) is 0 Å². The molecule has 2 N–H and O–H groups in total. The fourth-order valence-electron chi connectivity index (χ4n) is 4.96. The van der Waals surface area contributed by atoms with E-state index in [-0.39, 0.29) is 21.7 Å². The van der Waals surface area contributed by atoms with E-state index in [9.17, 15) is 9.59 Å². The second-order valence-corrected chi connectivity index (χ2v) is 9.97. The molecule has 0 unspecified atom stereocenters. The van der Waals surface area contributed by atoms with Gasteiger partial charge in [-0.3, -0.25) is 0 Å². The zero-order valence-corrected chi connectivity index (χ0v) is 25.9. The number of hydrogen-bond acceptors (Lipinski definition) is 2. The molecular weight excluding hydrogens is 592 g/mol. The van der Waals surface area contributed by atoms with Crippen molar-refractivity contribution >= 4 is 55.0 Å². The zero-order chi connectivity index (χ0) is 30.7. The van der Waals surface area contributed by atoms with Crippen molar-refractivity contribution in [1.82, 2.24) is 0 Å². The van der Waals surface area contributed by atoms with Crippen molar-refractivity contribution < 1.29 is 41.5 Å². The quantitative estimate of drug-likeness (QED) is 0.149. The summed E-state index contributed by atoms with van der Waals surface area (Å²) in [5.41, 5.74) is 0.719. The minimum atomic E-state index is -0.878. The summed E-state index contributed by atoms with van der Waals surface area (Å²) < 4.78 is 0. The SMILES string of the molecule is O=C(O)c1cccc2ccccc12.O=C(O)c1cccc2ccccc12.[Ti+2].c1ccc2[cH-]ccc2c1.c1ccc2[cH-]ccc2c1. The molecule has 5 heteroatoms. The number of hydrogen-bond donors (Lipinski definition) is 2. The third-order valence-corrected chi connectivity index (χ3v) is 7.14. The number of rotatable bonds is 2. The van der Waals surface area contributed by atoms with Crippen LogP contribution in [0.25, 0.3) is 43.1 Å². The van der Waals surface area contributed by atoms with Gasteiger partial charge in [0.15, 0.2) is 0 Å². The molecule has 8 aromatic carbocycles. The first-order valence-corrected chi connectivity index (χ1v) is 14.1. The van der Waals surface area contributed by atoms with Gasteiger partial charge in [0.2, 0.25) is 0 Å². The van der Waals surface area contributed by atoms with Crippen LogP contribution in [0.5, 0.6) is 0 Å². The zero-order valence-electron chi connectivity index (χ0n) is 24.4. The molecule has 8 rings (SSSR count). The first-order chi connectivity index (χ1) is 21.5. The van der Waals surface area contributed by atoms with Crippen LogP contribution in [0.15, 0.2) is 170 Å². The second-order valence-electron chi connectivity index (χ2n) is 9.97. The summed E-state index contributed by atoms with van der Waals surface area (Å²) in [4.78, 5) is 21.6. The summed E-state index contributed by atoms with van der Waals surface area (Å²) in [5.74, 6) is -1.76. The maximum Gasteiger partial charge on any atom is 2.00 e. The maximum atomic E-state index is 10.8. The monoisotopic (exact) mass is 622 g/mol. The summed E-state index contributed by atoms with van der Waals surface area (Å²) >= 11 is 0. The van der Waals surface area contributed by atoms with Crippen LogP contribution < -0.4 is 0 Å². The largest absolute Gasteiger partial charge is 2.00 e. The normalized spacial score (nSPS) is 9.96. The molecule has 0 aliphatic carbocycles. The van der Waals surface area contributed by atoms with Gasteiger partial charge in [0.25, 0.3) is 0 Å². The van der Waals surface area contributed by atoms with E-state index in [0.717, 1.165) is 21.5 Å². The predicted molar refractivity (Wildman–Crippen MR) is 181 cm³/mol. The molecule has 0 atom stereocenters. The van der Waals surface area contributed by atoms with Gasteiger partial charge < -0.3 is 10.2 Å². The number of benzene rings is 6. The van der Waals surface area contributed by atoms with Crippen LogP contribution >= 0.6 is 0 Å². The van der Waals surface area contributed by atoms with Crippen LogP contribution in [-0.4, -0.2) is 22.2 Å². The summed E-state index contributed by atoms with van der Waals surface area (Å²) in [6.07, 6.45) is 0. The van der Waals surface area contributed by atoms with Gasteiger partial charge in [0.1, 0.15) is 0 Å². The van der Waals surface area contributed by atoms with E-state index in [0.29, 0.717) is 11.1 Å². The van der Waals surface area contributed by atoms with Crippen molar-refractivity contribution in [3.63, 3.8) is 0 Å². The Hall–Kier alpha value is -5.29. The molecule has 0 aliphatic heterocycles. The van der Waals surface area contributed by atoms with E-state index < -0.39 is 11.9 Å². The van der Waals surface area contributed by atoms with Crippen molar-refractivity contribution in [2.75, 3.05) is 0 Å². The molecular formula is C40H30O4Ti. The third-order valence-electron chi connectivity index (χ3n) is 7.14. The van der Waals surface area contributed by atoms with E-state index in [1.807, 2.05) is 60.7 Å². The fourth-order valence-corrected chi connectivity index (χ4v) is 4.96. The molecule has 0 aromatic heterocycles. The Balaban J connectivity index is 0.000000137. The van der Waals surface area contributed by atoms with Gasteiger partial charge in [0.05, 0.1) is 11.1 Å². The number of carboxylic acid groups (broad SMARTS) is 2. The molecule has 4 nitrogen and oxygen atoms in total. The minimum absolute atomic E-state index is 0. The molecule has 218 valence electrons. The van der Waals surface area contributed by atoms with E-state index in [2.05, 4.69) is 84.9 Å². The molecule has 8 aromatic rings. The molecule has 0 radical (unpaired) electrons. The molecule has 0 saturated heterocycles. The first-order valence-electron chi connectivity index (χ1n) is 14.1. The summed E-state index contributed by atoms with van der Waals surface area (Å²) in [6.45, 7) is 0. The molecule has 45 heavy (non-hydrogen) atoms. The van der Waals surface area contributed by atoms with Crippen LogP contribution in [-0.2, 0) is 21.7 Å². The van der Waals surface area contributed by atoms with Crippen LogP contribution in [0.4, 0.5) is 0 Å². The average Bonchev–Trinajstić information content (AvgIpc) is 3.75. The third kappa shape index (κ3) is 8.42. The Morgan fingerprint density at radius 1 is 0.400 bits per heavy atom. The van der Waals surface area contributed by atoms with Crippen molar-refractivity contribution in [3.8, 4) is 0 Å². The van der Waals surface area contributed by atoms with Crippen LogP contribution in [0.3, 0.4) is 0 Å². The number of aromatic carboxylic acids is 2. The Morgan fingerprint density at radius 2 is 0.733 bits per heavy atom. The van der Waals surface area contributed by atoms with E-state index in [4.69, 9.17) is 10.2 Å². The maximum absolute atomic E-state index is 10.8. The van der Waals surface area contributed by atoms with E-state index >= 15 is 0 Å². The molecule has 0 bridgehead atoms. The van der Waals surface area contributed by atoms with Gasteiger partial charge in [-0.1, -0.05) is 84.9 Å². The molecule has 0 aliphatic rings. The van der Waals surface area contributed by atoms with E-state index in [1.165, 1.54) is 21.5 Å². The summed E-state index contributed by atoms with van der Waals surface area (Å²) in [7, 11) is 0. The van der Waals surface area contributed by atoms with Crippen LogP contribution in [0, 0.1) is 0 Å². The molecule has 0 saturated carbocycles. The Kier molecular flexibility index (Phi) is 11.6. The van der Waals surface area contributed by atoms with Crippen molar-refractivity contribution in [2.45, 2.75) is 0 Å². The van der Waals surface area contributed by atoms with Gasteiger partial charge >= 0.3 is 33.7 Å². The second kappa shape index (κ2) is 16.0. The van der Waals surface area contributed by atoms with Crippen molar-refractivity contribution in [2.24, 2.45) is 0 Å². The smallest absolute Gasteiger partial charge is 0.478 e. The topological polar surface area (TPSA) is 74.6 Å².